The molecular weight excluding hydrogens is 470 g/mol. The first-order valence-corrected chi connectivity index (χ1v) is 12.7. The minimum absolute atomic E-state index is 0.0868. The summed E-state index contributed by atoms with van der Waals surface area (Å²) in [6.07, 6.45) is -0.186. The molecule has 4 atom stereocenters. The summed E-state index contributed by atoms with van der Waals surface area (Å²) >= 11 is 0. The van der Waals surface area contributed by atoms with E-state index in [0.717, 1.165) is 49.2 Å². The number of carbonyl (C=O) groups is 2. The van der Waals surface area contributed by atoms with Gasteiger partial charge in [0.25, 0.3) is 5.91 Å². The molecule has 5 aromatic rings. The fourth-order valence-corrected chi connectivity index (χ4v) is 7.59. The van der Waals surface area contributed by atoms with Crippen molar-refractivity contribution < 1.29 is 24.2 Å². The van der Waals surface area contributed by atoms with Gasteiger partial charge in [-0.2, -0.15) is 0 Å². The van der Waals surface area contributed by atoms with Crippen LogP contribution in [0.15, 0.2) is 48.5 Å². The number of nitrogens with zero attached hydrogens (tertiary/aromatic N) is 2. The van der Waals surface area contributed by atoms with E-state index in [0.29, 0.717) is 18.5 Å². The van der Waals surface area contributed by atoms with Crippen molar-refractivity contribution in [2.45, 2.75) is 44.4 Å². The first-order valence-electron chi connectivity index (χ1n) is 12.7. The number of aromatic nitrogens is 2. The number of fused-ring (bicyclic) bond motifs is 13. The largest absolute Gasteiger partial charge is 0.467 e. The molecule has 5 heterocycles. The summed E-state index contributed by atoms with van der Waals surface area (Å²) in [4.78, 5) is 26.8. The van der Waals surface area contributed by atoms with E-state index >= 15 is 0 Å². The fourth-order valence-electron chi connectivity index (χ4n) is 7.59. The van der Waals surface area contributed by atoms with E-state index in [4.69, 9.17) is 9.47 Å². The summed E-state index contributed by atoms with van der Waals surface area (Å²) in [7, 11) is 1.30. The molecule has 1 saturated heterocycles. The number of aliphatic hydroxyl groups is 1. The Morgan fingerprint density at radius 2 is 1.78 bits per heavy atom. The van der Waals surface area contributed by atoms with Gasteiger partial charge in [0.1, 0.15) is 6.23 Å². The number of hydrogen-bond donors (Lipinski definition) is 2. The van der Waals surface area contributed by atoms with Gasteiger partial charge in [-0.1, -0.05) is 43.3 Å². The smallest absolute Gasteiger partial charge is 0.343 e. The normalized spacial score (nSPS) is 27.9. The van der Waals surface area contributed by atoms with Crippen molar-refractivity contribution in [3.8, 4) is 0 Å². The number of para-hydroxylation sites is 2. The van der Waals surface area contributed by atoms with Crippen LogP contribution in [0.1, 0.15) is 42.4 Å². The maximum absolute atomic E-state index is 13.5. The van der Waals surface area contributed by atoms with Crippen LogP contribution in [0.4, 0.5) is 0 Å². The highest BCUT2D eigenvalue weighted by Gasteiger charge is 2.70. The van der Waals surface area contributed by atoms with E-state index in [9.17, 15) is 14.7 Å². The Hall–Kier alpha value is -3.88. The Labute approximate surface area is 211 Å². The molecule has 0 radical (unpaired) electrons. The monoisotopic (exact) mass is 495 g/mol. The second-order valence-electron chi connectivity index (χ2n) is 10.5. The summed E-state index contributed by atoms with van der Waals surface area (Å²) in [5, 5.41) is 19.2. The molecule has 8 heteroatoms. The number of carbonyl (C=O) groups excluding carboxylic acids is 2. The number of ether oxygens (including phenoxy) is 2. The zero-order chi connectivity index (χ0) is 25.4. The molecule has 8 rings (SSSR count). The van der Waals surface area contributed by atoms with E-state index in [-0.39, 0.29) is 5.91 Å². The fraction of sp³-hybridized carbons (Fsp3) is 0.310. The molecule has 37 heavy (non-hydrogen) atoms. The van der Waals surface area contributed by atoms with Crippen LogP contribution in [-0.4, -0.2) is 38.8 Å². The van der Waals surface area contributed by atoms with Crippen LogP contribution in [0.3, 0.4) is 0 Å². The quantitative estimate of drug-likeness (QED) is 0.356. The molecule has 186 valence electrons. The SMILES string of the molecule is CC[C@H]1[C@H]2O[C@](C)(n3c4ccccc4c4c5c(c6c7ccccc7n2c6c43)C(=O)NC5)[C@@]1(O)C(=O)OC. The minimum Gasteiger partial charge on any atom is -0.467 e. The molecule has 1 amide bonds. The van der Waals surface area contributed by atoms with Crippen molar-refractivity contribution in [3.05, 3.63) is 59.7 Å². The van der Waals surface area contributed by atoms with Crippen LogP contribution in [0.25, 0.3) is 43.6 Å². The maximum Gasteiger partial charge on any atom is 0.343 e. The van der Waals surface area contributed by atoms with Gasteiger partial charge < -0.3 is 29.0 Å². The Balaban J connectivity index is 1.74. The van der Waals surface area contributed by atoms with Crippen LogP contribution in [-0.2, 0) is 26.5 Å². The zero-order valence-corrected chi connectivity index (χ0v) is 20.7. The zero-order valence-electron chi connectivity index (χ0n) is 20.7. The van der Waals surface area contributed by atoms with Crippen LogP contribution < -0.4 is 5.32 Å². The van der Waals surface area contributed by atoms with Crippen molar-refractivity contribution in [1.29, 1.82) is 0 Å². The molecule has 3 aliphatic rings. The lowest BCUT2D eigenvalue weighted by Gasteiger charge is -2.40. The molecule has 3 aromatic carbocycles. The lowest BCUT2D eigenvalue weighted by molar-refractivity contribution is -0.205. The second-order valence-corrected chi connectivity index (χ2v) is 10.5. The molecule has 2 bridgehead atoms. The summed E-state index contributed by atoms with van der Waals surface area (Å²) < 4.78 is 16.2. The van der Waals surface area contributed by atoms with Crippen molar-refractivity contribution in [3.63, 3.8) is 0 Å². The third-order valence-corrected chi connectivity index (χ3v) is 9.07. The minimum atomic E-state index is -1.96. The second kappa shape index (κ2) is 6.51. The number of benzene rings is 3. The standard InChI is InChI=1S/C29H25N3O5/c1-4-17-26-31-18-11-7-5-9-14(18)21-22-16(13-30-25(22)33)20-15-10-6-8-12-19(15)32(24(20)23(21)31)28(2,37-26)29(17,35)27(34)36-3/h5-12,17,26,35H,4,13H2,1-3H3,(H,30,33)/t17-,26+,28-,29-/m0/s1. The number of esters is 1. The molecule has 0 saturated carbocycles. The molecule has 3 aliphatic heterocycles. The third-order valence-electron chi connectivity index (χ3n) is 9.07. The van der Waals surface area contributed by atoms with Gasteiger partial charge in [0.2, 0.25) is 5.60 Å². The van der Waals surface area contributed by atoms with Gasteiger partial charge in [-0.15, -0.1) is 0 Å². The number of nitrogens with one attached hydrogen (secondary N) is 1. The summed E-state index contributed by atoms with van der Waals surface area (Å²) in [5.74, 6) is -1.41. The Kier molecular flexibility index (Phi) is 3.74. The molecule has 2 aromatic heterocycles. The first-order chi connectivity index (χ1) is 17.9. The van der Waals surface area contributed by atoms with Crippen LogP contribution in [0.2, 0.25) is 0 Å². The lowest BCUT2D eigenvalue weighted by Crippen LogP contribution is -2.59. The highest BCUT2D eigenvalue weighted by molar-refractivity contribution is 6.31. The Morgan fingerprint density at radius 1 is 1.11 bits per heavy atom. The van der Waals surface area contributed by atoms with Crippen molar-refractivity contribution >= 4 is 55.5 Å². The van der Waals surface area contributed by atoms with Gasteiger partial charge >= 0.3 is 5.97 Å². The summed E-state index contributed by atoms with van der Waals surface area (Å²) in [5.41, 5.74) is 1.66. The predicted molar refractivity (Wildman–Crippen MR) is 138 cm³/mol. The van der Waals surface area contributed by atoms with Gasteiger partial charge in [-0.25, -0.2) is 4.79 Å². The predicted octanol–water partition coefficient (Wildman–Crippen LogP) is 4.29. The Morgan fingerprint density at radius 3 is 2.49 bits per heavy atom. The van der Waals surface area contributed by atoms with Gasteiger partial charge in [0.15, 0.2) is 5.72 Å². The first kappa shape index (κ1) is 21.2. The maximum atomic E-state index is 13.5. The molecule has 1 fully saturated rings. The number of rotatable bonds is 2. The molecule has 0 spiro atoms. The third kappa shape index (κ3) is 2.05. The van der Waals surface area contributed by atoms with Crippen LogP contribution in [0.5, 0.6) is 0 Å². The van der Waals surface area contributed by atoms with Gasteiger partial charge in [0.05, 0.1) is 34.7 Å². The van der Waals surface area contributed by atoms with Gasteiger partial charge in [0, 0.05) is 34.0 Å². The number of amides is 1. The van der Waals surface area contributed by atoms with Crippen LogP contribution >= 0.6 is 0 Å². The lowest BCUT2D eigenvalue weighted by atomic mass is 9.78. The number of hydrogen-bond acceptors (Lipinski definition) is 5. The molecule has 2 N–H and O–H groups in total. The van der Waals surface area contributed by atoms with Gasteiger partial charge in [-0.05, 0) is 31.0 Å². The van der Waals surface area contributed by atoms with E-state index in [1.165, 1.54) is 7.11 Å². The van der Waals surface area contributed by atoms with Crippen molar-refractivity contribution in [2.75, 3.05) is 7.11 Å². The van der Waals surface area contributed by atoms with Crippen molar-refractivity contribution in [1.82, 2.24) is 14.5 Å². The Bertz CT molecular complexity index is 1880. The average molecular weight is 496 g/mol. The van der Waals surface area contributed by atoms with Gasteiger partial charge in [-0.3, -0.25) is 4.79 Å². The summed E-state index contributed by atoms with van der Waals surface area (Å²) in [6, 6.07) is 15.9. The highest BCUT2D eigenvalue weighted by atomic mass is 16.6. The van der Waals surface area contributed by atoms with E-state index < -0.39 is 29.4 Å². The van der Waals surface area contributed by atoms with Crippen LogP contribution in [0, 0.1) is 5.92 Å². The van der Waals surface area contributed by atoms with E-state index in [2.05, 4.69) is 9.88 Å². The average Bonchev–Trinajstić information content (AvgIpc) is 3.59. The molecular formula is C29H25N3O5. The van der Waals surface area contributed by atoms with E-state index in [1.54, 1.807) is 6.92 Å². The number of methoxy groups -OCH3 is 1. The topological polar surface area (TPSA) is 94.7 Å². The molecule has 0 aliphatic carbocycles. The van der Waals surface area contributed by atoms with E-state index in [1.807, 2.05) is 60.0 Å². The summed E-state index contributed by atoms with van der Waals surface area (Å²) in [6.45, 7) is 4.15. The molecule has 8 nitrogen and oxygen atoms in total. The molecule has 0 unspecified atom stereocenters. The highest BCUT2D eigenvalue weighted by Crippen LogP contribution is 2.60. The van der Waals surface area contributed by atoms with Crippen molar-refractivity contribution in [2.24, 2.45) is 5.92 Å².